The zero-order valence-corrected chi connectivity index (χ0v) is 14.0. The smallest absolute Gasteiger partial charge is 0.306 e. The Morgan fingerprint density at radius 2 is 2.19 bits per heavy atom. The number of furan rings is 1. The van der Waals surface area contributed by atoms with Crippen LogP contribution in [-0.2, 0) is 4.79 Å². The van der Waals surface area contributed by atoms with Crippen LogP contribution < -0.4 is 5.32 Å². The molecule has 0 bridgehead atoms. The van der Waals surface area contributed by atoms with Crippen molar-refractivity contribution in [1.82, 2.24) is 10.2 Å². The number of anilines is 1. The van der Waals surface area contributed by atoms with Crippen molar-refractivity contribution in [2.45, 2.75) is 17.4 Å². The van der Waals surface area contributed by atoms with Gasteiger partial charge in [-0.3, -0.25) is 14.9 Å². The molecule has 0 radical (unpaired) electrons. The van der Waals surface area contributed by atoms with Gasteiger partial charge in [0.1, 0.15) is 0 Å². The molecule has 1 aromatic carbocycles. The van der Waals surface area contributed by atoms with Crippen LogP contribution in [0.25, 0.3) is 11.7 Å². The Hall–Kier alpha value is -3.21. The van der Waals surface area contributed by atoms with Crippen molar-refractivity contribution in [3.63, 3.8) is 0 Å². The Bertz CT molecular complexity index is 943. The van der Waals surface area contributed by atoms with Gasteiger partial charge in [0, 0.05) is 11.8 Å². The fraction of sp³-hybridized carbons (Fsp3) is 0.133. The topological polar surface area (TPSA) is 124 Å². The molecule has 2 heterocycles. The van der Waals surface area contributed by atoms with E-state index in [4.69, 9.17) is 8.83 Å². The number of halogens is 1. The maximum atomic E-state index is 13.3. The van der Waals surface area contributed by atoms with Gasteiger partial charge in [-0.2, -0.15) is 4.39 Å². The number of hydrogen-bond acceptors (Lipinski definition) is 8. The highest BCUT2D eigenvalue weighted by molar-refractivity contribution is 8.00. The molecule has 26 heavy (non-hydrogen) atoms. The van der Waals surface area contributed by atoms with Crippen LogP contribution in [0.2, 0.25) is 0 Å². The lowest BCUT2D eigenvalue weighted by Gasteiger charge is -2.09. The summed E-state index contributed by atoms with van der Waals surface area (Å²) in [5, 5.41) is 20.4. The van der Waals surface area contributed by atoms with E-state index in [-0.39, 0.29) is 16.8 Å². The predicted octanol–water partition coefficient (Wildman–Crippen LogP) is 3.50. The van der Waals surface area contributed by atoms with Crippen LogP contribution in [0.3, 0.4) is 0 Å². The number of nitrogens with zero attached hydrogens (tertiary/aromatic N) is 3. The molecule has 1 atom stereocenters. The molecule has 134 valence electrons. The normalized spacial score (nSPS) is 11.9. The minimum absolute atomic E-state index is 0.109. The average Bonchev–Trinajstić information content (AvgIpc) is 3.27. The summed E-state index contributed by atoms with van der Waals surface area (Å²) in [6, 6.07) is 6.43. The van der Waals surface area contributed by atoms with Gasteiger partial charge in [0.2, 0.25) is 11.7 Å². The van der Waals surface area contributed by atoms with Gasteiger partial charge in [0.05, 0.1) is 16.4 Å². The maximum Gasteiger partial charge on any atom is 0.306 e. The van der Waals surface area contributed by atoms with Gasteiger partial charge >= 0.3 is 5.69 Å². The van der Waals surface area contributed by atoms with E-state index >= 15 is 0 Å². The Balaban J connectivity index is 1.65. The number of aromatic nitrogens is 2. The van der Waals surface area contributed by atoms with E-state index in [0.717, 1.165) is 23.9 Å². The number of nitro benzene ring substituents is 1. The van der Waals surface area contributed by atoms with Crippen molar-refractivity contribution in [3.8, 4) is 11.7 Å². The van der Waals surface area contributed by atoms with Crippen molar-refractivity contribution in [3.05, 3.63) is 52.5 Å². The number of carbonyl (C=O) groups is 1. The third-order valence-electron chi connectivity index (χ3n) is 3.20. The number of carbonyl (C=O) groups excluding carboxylic acids is 1. The summed E-state index contributed by atoms with van der Waals surface area (Å²) in [6.07, 6.45) is 1.46. The van der Waals surface area contributed by atoms with E-state index in [1.165, 1.54) is 12.3 Å². The molecule has 0 spiro atoms. The van der Waals surface area contributed by atoms with Crippen molar-refractivity contribution >= 4 is 29.0 Å². The molecule has 0 fully saturated rings. The lowest BCUT2D eigenvalue weighted by Crippen LogP contribution is -2.22. The van der Waals surface area contributed by atoms with Crippen molar-refractivity contribution in [2.24, 2.45) is 0 Å². The zero-order chi connectivity index (χ0) is 18.7. The number of nitrogens with one attached hydrogen (secondary N) is 1. The number of amides is 1. The Labute approximate surface area is 149 Å². The monoisotopic (exact) mass is 378 g/mol. The largest absolute Gasteiger partial charge is 0.459 e. The van der Waals surface area contributed by atoms with Gasteiger partial charge in [-0.15, -0.1) is 10.2 Å². The molecule has 0 saturated carbocycles. The average molecular weight is 378 g/mol. The molecule has 2 aromatic heterocycles. The fourth-order valence-electron chi connectivity index (χ4n) is 1.94. The van der Waals surface area contributed by atoms with E-state index in [1.54, 1.807) is 19.1 Å². The molecular formula is C15H11FN4O5S. The van der Waals surface area contributed by atoms with Crippen LogP contribution in [0.5, 0.6) is 0 Å². The van der Waals surface area contributed by atoms with Crippen LogP contribution >= 0.6 is 11.8 Å². The summed E-state index contributed by atoms with van der Waals surface area (Å²) in [6.45, 7) is 1.59. The van der Waals surface area contributed by atoms with E-state index in [0.29, 0.717) is 5.76 Å². The molecule has 0 aliphatic heterocycles. The summed E-state index contributed by atoms with van der Waals surface area (Å²) in [5.74, 6) is -0.861. The molecule has 0 aliphatic carbocycles. The molecule has 0 unspecified atom stereocenters. The number of rotatable bonds is 6. The second kappa shape index (κ2) is 7.35. The molecule has 11 heteroatoms. The van der Waals surface area contributed by atoms with Crippen molar-refractivity contribution < 1.29 is 22.9 Å². The Kier molecular flexibility index (Phi) is 4.98. The lowest BCUT2D eigenvalue weighted by molar-refractivity contribution is -0.387. The van der Waals surface area contributed by atoms with Crippen LogP contribution in [0.15, 0.2) is 50.7 Å². The van der Waals surface area contributed by atoms with Crippen molar-refractivity contribution in [1.29, 1.82) is 0 Å². The third-order valence-corrected chi connectivity index (χ3v) is 4.13. The van der Waals surface area contributed by atoms with Crippen LogP contribution in [0, 0.1) is 15.9 Å². The summed E-state index contributed by atoms with van der Waals surface area (Å²) in [7, 11) is 0. The lowest BCUT2D eigenvalue weighted by atomic mass is 10.2. The van der Waals surface area contributed by atoms with E-state index in [2.05, 4.69) is 15.5 Å². The Morgan fingerprint density at radius 3 is 2.88 bits per heavy atom. The first-order chi connectivity index (χ1) is 12.4. The number of nitro groups is 1. The number of thioether (sulfide) groups is 1. The number of hydrogen-bond donors (Lipinski definition) is 1. The zero-order valence-electron chi connectivity index (χ0n) is 13.2. The summed E-state index contributed by atoms with van der Waals surface area (Å²) >= 11 is 1.00. The van der Waals surface area contributed by atoms with Gasteiger partial charge in [-0.1, -0.05) is 11.8 Å². The third kappa shape index (κ3) is 3.88. The highest BCUT2D eigenvalue weighted by Gasteiger charge is 2.21. The molecule has 1 N–H and O–H groups in total. The van der Waals surface area contributed by atoms with E-state index in [9.17, 15) is 19.3 Å². The first-order valence-electron chi connectivity index (χ1n) is 7.23. The summed E-state index contributed by atoms with van der Waals surface area (Å²) in [5.41, 5.74) is -0.611. The SMILES string of the molecule is C[C@@H](Sc1nnc(-c2ccco2)o1)C(=O)Nc1ccc(F)c([N+](=O)[O-])c1. The quantitative estimate of drug-likeness (QED) is 0.392. The maximum absolute atomic E-state index is 13.3. The molecule has 0 saturated heterocycles. The first kappa shape index (κ1) is 17.6. The molecule has 0 aliphatic rings. The molecule has 3 aromatic rings. The fourth-order valence-corrected chi connectivity index (χ4v) is 2.62. The van der Waals surface area contributed by atoms with Crippen LogP contribution in [-0.4, -0.2) is 26.3 Å². The van der Waals surface area contributed by atoms with Crippen LogP contribution in [0.4, 0.5) is 15.8 Å². The van der Waals surface area contributed by atoms with E-state index < -0.39 is 27.6 Å². The second-order valence-electron chi connectivity index (χ2n) is 5.02. The van der Waals surface area contributed by atoms with Crippen LogP contribution in [0.1, 0.15) is 6.92 Å². The predicted molar refractivity (Wildman–Crippen MR) is 89.0 cm³/mol. The molecule has 1 amide bonds. The Morgan fingerprint density at radius 1 is 1.38 bits per heavy atom. The van der Waals surface area contributed by atoms with Gasteiger partial charge in [-0.25, -0.2) is 0 Å². The summed E-state index contributed by atoms with van der Waals surface area (Å²) in [4.78, 5) is 22.1. The van der Waals surface area contributed by atoms with E-state index in [1.807, 2.05) is 0 Å². The minimum Gasteiger partial charge on any atom is -0.459 e. The van der Waals surface area contributed by atoms with Gasteiger partial charge in [0.15, 0.2) is 5.76 Å². The van der Waals surface area contributed by atoms with Gasteiger partial charge in [0.25, 0.3) is 11.1 Å². The highest BCUT2D eigenvalue weighted by Crippen LogP contribution is 2.27. The standard InChI is InChI=1S/C15H11FN4O5S/c1-8(26-15-19-18-14(25-15)12-3-2-6-24-12)13(21)17-9-4-5-10(16)11(7-9)20(22)23/h2-8H,1H3,(H,17,21)/t8-/m1/s1. The van der Waals surface area contributed by atoms with Crippen molar-refractivity contribution in [2.75, 3.05) is 5.32 Å². The second-order valence-corrected chi connectivity index (χ2v) is 6.32. The molecule has 9 nitrogen and oxygen atoms in total. The van der Waals surface area contributed by atoms with Gasteiger partial charge in [-0.05, 0) is 31.2 Å². The first-order valence-corrected chi connectivity index (χ1v) is 8.11. The summed E-state index contributed by atoms with van der Waals surface area (Å²) < 4.78 is 23.9. The van der Waals surface area contributed by atoms with Gasteiger partial charge < -0.3 is 14.2 Å². The minimum atomic E-state index is -0.980. The molecular weight excluding hydrogens is 367 g/mol. The number of benzene rings is 1. The highest BCUT2D eigenvalue weighted by atomic mass is 32.2. The molecule has 3 rings (SSSR count).